The number of ether oxygens (including phenoxy) is 1. The number of alkyl halides is 1. The topological polar surface area (TPSA) is 27.1 Å². The van der Waals surface area contributed by atoms with Gasteiger partial charge in [-0.1, -0.05) is 0 Å². The molecule has 0 saturated carbocycles. The van der Waals surface area contributed by atoms with E-state index >= 15 is 0 Å². The molecule has 0 N–H and O–H groups in total. The molecule has 0 amide bonds. The second-order valence-corrected chi connectivity index (χ2v) is 6.23. The predicted octanol–water partition coefficient (Wildman–Crippen LogP) is 4.84. The molecule has 0 aliphatic carbocycles. The molecule has 2 atom stereocenters. The molecular weight excluding hydrogens is 347 g/mol. The Hall–Kier alpha value is -0.650. The van der Waals surface area contributed by atoms with Crippen LogP contribution in [-0.4, -0.2) is 22.8 Å². The Labute approximate surface area is 131 Å². The second kappa shape index (κ2) is 6.41. The maximum Gasteiger partial charge on any atom is 0.139 e. The highest BCUT2D eigenvalue weighted by atomic mass is 79.9. The quantitative estimate of drug-likeness (QED) is 0.711. The van der Waals surface area contributed by atoms with Crippen LogP contribution in [0, 0.1) is 5.82 Å². The number of aromatic nitrogens is 2. The molecule has 2 aromatic rings. The van der Waals surface area contributed by atoms with Gasteiger partial charge in [-0.15, -0.1) is 11.6 Å². The lowest BCUT2D eigenvalue weighted by molar-refractivity contribution is 0.119. The van der Waals surface area contributed by atoms with Crippen LogP contribution < -0.4 is 0 Å². The van der Waals surface area contributed by atoms with E-state index in [1.807, 2.05) is 25.3 Å². The normalized spacial score (nSPS) is 14.7. The van der Waals surface area contributed by atoms with Crippen molar-refractivity contribution in [3.63, 3.8) is 0 Å². The van der Waals surface area contributed by atoms with Crippen LogP contribution in [0.5, 0.6) is 0 Å². The van der Waals surface area contributed by atoms with E-state index in [1.165, 1.54) is 6.07 Å². The second-order valence-electron chi connectivity index (χ2n) is 4.72. The molecule has 0 saturated heterocycles. The van der Waals surface area contributed by atoms with Crippen LogP contribution in [-0.2, 0) is 4.74 Å². The van der Waals surface area contributed by atoms with Gasteiger partial charge in [0.25, 0.3) is 0 Å². The van der Waals surface area contributed by atoms with Crippen LogP contribution in [0.3, 0.4) is 0 Å². The molecular formula is C14H17BrClFN2O. The van der Waals surface area contributed by atoms with Crippen molar-refractivity contribution in [2.24, 2.45) is 0 Å². The molecule has 1 heterocycles. The monoisotopic (exact) mass is 362 g/mol. The summed E-state index contributed by atoms with van der Waals surface area (Å²) in [7, 11) is 0. The largest absolute Gasteiger partial charge is 0.380 e. The van der Waals surface area contributed by atoms with Crippen molar-refractivity contribution in [3.05, 3.63) is 28.2 Å². The molecule has 0 fully saturated rings. The van der Waals surface area contributed by atoms with Crippen LogP contribution in [0.2, 0.25) is 0 Å². The minimum atomic E-state index is -0.309. The van der Waals surface area contributed by atoms with Crippen molar-refractivity contribution < 1.29 is 9.13 Å². The standard InChI is InChI=1S/C14H17BrClFN2O/c1-4-20-7-8(2)19-13-6-11(17)10(15)5-12(13)18-14(19)9(3)16/h5-6,8-9H,4,7H2,1-3H3. The van der Waals surface area contributed by atoms with Gasteiger partial charge in [0.1, 0.15) is 11.6 Å². The number of benzene rings is 1. The average molecular weight is 364 g/mol. The summed E-state index contributed by atoms with van der Waals surface area (Å²) in [6.45, 7) is 7.00. The van der Waals surface area contributed by atoms with Gasteiger partial charge in [0.15, 0.2) is 0 Å². The molecule has 0 radical (unpaired) electrons. The molecule has 6 heteroatoms. The van der Waals surface area contributed by atoms with E-state index in [-0.39, 0.29) is 17.2 Å². The van der Waals surface area contributed by atoms with Crippen molar-refractivity contribution in [3.8, 4) is 0 Å². The van der Waals surface area contributed by atoms with Gasteiger partial charge in [0, 0.05) is 12.7 Å². The molecule has 0 spiro atoms. The maximum atomic E-state index is 13.8. The van der Waals surface area contributed by atoms with E-state index in [1.54, 1.807) is 6.07 Å². The van der Waals surface area contributed by atoms with Gasteiger partial charge in [0.2, 0.25) is 0 Å². The third-order valence-corrected chi connectivity index (χ3v) is 3.92. The number of imidazole rings is 1. The van der Waals surface area contributed by atoms with E-state index in [9.17, 15) is 4.39 Å². The van der Waals surface area contributed by atoms with Crippen molar-refractivity contribution in [2.45, 2.75) is 32.2 Å². The molecule has 3 nitrogen and oxygen atoms in total. The molecule has 110 valence electrons. The molecule has 1 aromatic carbocycles. The fraction of sp³-hybridized carbons (Fsp3) is 0.500. The summed E-state index contributed by atoms with van der Waals surface area (Å²) < 4.78 is 21.6. The number of hydrogen-bond donors (Lipinski definition) is 0. The molecule has 0 aliphatic heterocycles. The highest BCUT2D eigenvalue weighted by Crippen LogP contribution is 2.31. The van der Waals surface area contributed by atoms with Gasteiger partial charge in [-0.05, 0) is 42.8 Å². The van der Waals surface area contributed by atoms with E-state index < -0.39 is 0 Å². The number of hydrogen-bond acceptors (Lipinski definition) is 2. The van der Waals surface area contributed by atoms with Gasteiger partial charge in [-0.3, -0.25) is 0 Å². The third kappa shape index (κ3) is 3.00. The first-order valence-electron chi connectivity index (χ1n) is 6.54. The average Bonchev–Trinajstić information content (AvgIpc) is 2.75. The first kappa shape index (κ1) is 15.7. The maximum absolute atomic E-state index is 13.8. The van der Waals surface area contributed by atoms with Crippen molar-refractivity contribution in [2.75, 3.05) is 13.2 Å². The van der Waals surface area contributed by atoms with Gasteiger partial charge in [-0.25, -0.2) is 9.37 Å². The van der Waals surface area contributed by atoms with Gasteiger partial charge in [0.05, 0.1) is 33.5 Å². The first-order chi connectivity index (χ1) is 9.45. The number of halogens is 3. The van der Waals surface area contributed by atoms with Crippen LogP contribution in [0.4, 0.5) is 4.39 Å². The van der Waals surface area contributed by atoms with Crippen molar-refractivity contribution in [1.29, 1.82) is 0 Å². The summed E-state index contributed by atoms with van der Waals surface area (Å²) in [5.41, 5.74) is 1.46. The molecule has 0 bridgehead atoms. The zero-order valence-electron chi connectivity index (χ0n) is 11.7. The zero-order chi connectivity index (χ0) is 14.9. The predicted molar refractivity (Wildman–Crippen MR) is 82.9 cm³/mol. The van der Waals surface area contributed by atoms with E-state index in [2.05, 4.69) is 20.9 Å². The lowest BCUT2D eigenvalue weighted by Crippen LogP contribution is -2.15. The van der Waals surface area contributed by atoms with Crippen molar-refractivity contribution in [1.82, 2.24) is 9.55 Å². The Morgan fingerprint density at radius 3 is 2.75 bits per heavy atom. The minimum absolute atomic E-state index is 0.0386. The van der Waals surface area contributed by atoms with E-state index in [4.69, 9.17) is 16.3 Å². The third-order valence-electron chi connectivity index (χ3n) is 3.12. The Morgan fingerprint density at radius 1 is 1.45 bits per heavy atom. The summed E-state index contributed by atoms with van der Waals surface area (Å²) in [5, 5.41) is -0.256. The van der Waals surface area contributed by atoms with Gasteiger partial charge in [-0.2, -0.15) is 0 Å². The molecule has 0 aliphatic rings. The molecule has 1 aromatic heterocycles. The van der Waals surface area contributed by atoms with E-state index in [0.717, 1.165) is 16.9 Å². The Bertz CT molecular complexity index is 615. The Morgan fingerprint density at radius 2 is 2.15 bits per heavy atom. The summed E-state index contributed by atoms with van der Waals surface area (Å²) in [6, 6.07) is 3.20. The molecule has 2 rings (SSSR count). The van der Waals surface area contributed by atoms with Crippen molar-refractivity contribution >= 4 is 38.6 Å². The summed E-state index contributed by atoms with van der Waals surface area (Å²) in [4.78, 5) is 4.52. The molecule has 20 heavy (non-hydrogen) atoms. The smallest absolute Gasteiger partial charge is 0.139 e. The lowest BCUT2D eigenvalue weighted by atomic mass is 10.2. The first-order valence-corrected chi connectivity index (χ1v) is 7.77. The highest BCUT2D eigenvalue weighted by Gasteiger charge is 2.20. The van der Waals surface area contributed by atoms with Gasteiger partial charge >= 0.3 is 0 Å². The highest BCUT2D eigenvalue weighted by molar-refractivity contribution is 9.10. The Kier molecular flexibility index (Phi) is 5.04. The number of rotatable bonds is 5. The van der Waals surface area contributed by atoms with Crippen LogP contribution >= 0.6 is 27.5 Å². The van der Waals surface area contributed by atoms with Gasteiger partial charge < -0.3 is 9.30 Å². The van der Waals surface area contributed by atoms with Crippen LogP contribution in [0.25, 0.3) is 11.0 Å². The summed E-state index contributed by atoms with van der Waals surface area (Å²) in [6.07, 6.45) is 0. The lowest BCUT2D eigenvalue weighted by Gasteiger charge is -2.18. The van der Waals surface area contributed by atoms with Crippen LogP contribution in [0.1, 0.15) is 38.0 Å². The number of fused-ring (bicyclic) bond motifs is 1. The Balaban J connectivity index is 2.58. The minimum Gasteiger partial charge on any atom is -0.380 e. The van der Waals surface area contributed by atoms with E-state index in [0.29, 0.717) is 17.7 Å². The number of nitrogens with zero attached hydrogens (tertiary/aromatic N) is 2. The zero-order valence-corrected chi connectivity index (χ0v) is 14.0. The summed E-state index contributed by atoms with van der Waals surface area (Å²) in [5.74, 6) is 0.419. The SMILES string of the molecule is CCOCC(C)n1c(C(C)Cl)nc2cc(Br)c(F)cc21. The fourth-order valence-electron chi connectivity index (χ4n) is 2.22. The molecule has 2 unspecified atom stereocenters. The summed E-state index contributed by atoms with van der Waals surface area (Å²) >= 11 is 9.39. The fourth-order valence-corrected chi connectivity index (χ4v) is 2.70. The van der Waals surface area contributed by atoms with Crippen LogP contribution in [0.15, 0.2) is 16.6 Å².